The van der Waals surface area contributed by atoms with Crippen LogP contribution in [0.25, 0.3) is 0 Å². The summed E-state index contributed by atoms with van der Waals surface area (Å²) < 4.78 is 16.1. The third kappa shape index (κ3) is 4.58. The van der Waals surface area contributed by atoms with Gasteiger partial charge in [0.15, 0.2) is 0 Å². The highest BCUT2D eigenvalue weighted by Crippen LogP contribution is 2.25. The van der Waals surface area contributed by atoms with Gasteiger partial charge < -0.3 is 14.0 Å². The van der Waals surface area contributed by atoms with Gasteiger partial charge in [0, 0.05) is 12.5 Å². The molecule has 0 aliphatic carbocycles. The van der Waals surface area contributed by atoms with Crippen LogP contribution >= 0.6 is 0 Å². The molecular weight excluding hydrogens is 294 g/mol. The van der Waals surface area contributed by atoms with E-state index in [4.69, 9.17) is 14.0 Å². The fourth-order valence-electron chi connectivity index (χ4n) is 2.46. The van der Waals surface area contributed by atoms with E-state index in [-0.39, 0.29) is 5.97 Å². The van der Waals surface area contributed by atoms with Crippen LogP contribution in [0, 0.1) is 20.8 Å². The highest BCUT2D eigenvalue weighted by Gasteiger charge is 2.12. The number of rotatable bonds is 7. The van der Waals surface area contributed by atoms with E-state index in [0.29, 0.717) is 18.8 Å². The van der Waals surface area contributed by atoms with E-state index >= 15 is 0 Å². The zero-order valence-corrected chi connectivity index (χ0v) is 14.1. The lowest BCUT2D eigenvalue weighted by Gasteiger charge is -2.13. The van der Waals surface area contributed by atoms with Gasteiger partial charge in [0.25, 0.3) is 0 Å². The van der Waals surface area contributed by atoms with Crippen molar-refractivity contribution in [2.45, 2.75) is 40.5 Å². The summed E-state index contributed by atoms with van der Waals surface area (Å²) in [6.07, 6.45) is 1.63. The van der Waals surface area contributed by atoms with E-state index in [1.807, 2.05) is 26.8 Å². The van der Waals surface area contributed by atoms with Crippen molar-refractivity contribution >= 4 is 5.97 Å². The molecule has 0 fully saturated rings. The minimum atomic E-state index is -0.300. The predicted octanol–water partition coefficient (Wildman–Crippen LogP) is 3.79. The van der Waals surface area contributed by atoms with Crippen LogP contribution in [0.2, 0.25) is 0 Å². The molecule has 0 aliphatic rings. The SMILES string of the molecule is CCOC(=O)c1cc(C)c(OCCCc2cc(C)no2)c(C)c1. The number of esters is 1. The Hall–Kier alpha value is -2.30. The minimum absolute atomic E-state index is 0.300. The fraction of sp³-hybridized carbons (Fsp3) is 0.444. The predicted molar refractivity (Wildman–Crippen MR) is 86.9 cm³/mol. The van der Waals surface area contributed by atoms with Crippen LogP contribution in [0.5, 0.6) is 5.75 Å². The first-order valence-corrected chi connectivity index (χ1v) is 7.84. The highest BCUT2D eigenvalue weighted by molar-refractivity contribution is 5.90. The summed E-state index contributed by atoms with van der Waals surface area (Å²) in [5, 5.41) is 3.86. The topological polar surface area (TPSA) is 61.6 Å². The number of nitrogens with zero attached hydrogens (tertiary/aromatic N) is 1. The van der Waals surface area contributed by atoms with E-state index < -0.39 is 0 Å². The maximum Gasteiger partial charge on any atom is 0.338 e. The third-order valence-electron chi connectivity index (χ3n) is 3.46. The van der Waals surface area contributed by atoms with E-state index in [1.165, 1.54) is 0 Å². The summed E-state index contributed by atoms with van der Waals surface area (Å²) in [4.78, 5) is 11.8. The van der Waals surface area contributed by atoms with Crippen molar-refractivity contribution in [3.8, 4) is 5.75 Å². The number of aromatic nitrogens is 1. The first-order valence-electron chi connectivity index (χ1n) is 7.84. The average Bonchev–Trinajstić information content (AvgIpc) is 2.91. The summed E-state index contributed by atoms with van der Waals surface area (Å²) in [7, 11) is 0. The molecule has 0 aliphatic heterocycles. The lowest BCUT2D eigenvalue weighted by atomic mass is 10.1. The van der Waals surface area contributed by atoms with Crippen LogP contribution < -0.4 is 4.74 Å². The standard InChI is InChI=1S/C18H23NO4/c1-5-21-18(20)15-9-12(2)17(13(3)10-15)22-8-6-7-16-11-14(4)19-23-16/h9-11H,5-8H2,1-4H3. The summed E-state index contributed by atoms with van der Waals surface area (Å²) in [6, 6.07) is 5.55. The molecule has 1 aromatic heterocycles. The van der Waals surface area contributed by atoms with Gasteiger partial charge in [-0.3, -0.25) is 0 Å². The van der Waals surface area contributed by atoms with Crippen LogP contribution in [0.3, 0.4) is 0 Å². The lowest BCUT2D eigenvalue weighted by Crippen LogP contribution is -2.07. The van der Waals surface area contributed by atoms with Gasteiger partial charge in [-0.2, -0.15) is 0 Å². The van der Waals surface area contributed by atoms with Crippen molar-refractivity contribution in [1.82, 2.24) is 5.16 Å². The smallest absolute Gasteiger partial charge is 0.338 e. The minimum Gasteiger partial charge on any atom is -0.493 e. The molecule has 5 heteroatoms. The maximum atomic E-state index is 11.8. The second-order valence-electron chi connectivity index (χ2n) is 5.55. The van der Waals surface area contributed by atoms with Crippen molar-refractivity contribution < 1.29 is 18.8 Å². The largest absolute Gasteiger partial charge is 0.493 e. The molecule has 0 unspecified atom stereocenters. The molecule has 5 nitrogen and oxygen atoms in total. The lowest BCUT2D eigenvalue weighted by molar-refractivity contribution is 0.0526. The Bertz CT molecular complexity index is 652. The van der Waals surface area contributed by atoms with Crippen molar-refractivity contribution in [1.29, 1.82) is 0 Å². The van der Waals surface area contributed by atoms with E-state index in [0.717, 1.165) is 41.2 Å². The summed E-state index contributed by atoms with van der Waals surface area (Å²) in [5.41, 5.74) is 3.32. The van der Waals surface area contributed by atoms with Crippen molar-refractivity contribution in [3.63, 3.8) is 0 Å². The molecule has 23 heavy (non-hydrogen) atoms. The molecule has 2 rings (SSSR count). The first-order chi connectivity index (χ1) is 11.0. The quantitative estimate of drug-likeness (QED) is 0.574. The molecule has 0 amide bonds. The summed E-state index contributed by atoms with van der Waals surface area (Å²) in [5.74, 6) is 1.40. The molecule has 1 heterocycles. The molecule has 0 radical (unpaired) electrons. The summed E-state index contributed by atoms with van der Waals surface area (Å²) >= 11 is 0. The Labute approximate surface area is 136 Å². The number of ether oxygens (including phenoxy) is 2. The van der Waals surface area contributed by atoms with E-state index in [1.54, 1.807) is 19.1 Å². The fourth-order valence-corrected chi connectivity index (χ4v) is 2.46. The van der Waals surface area contributed by atoms with Gasteiger partial charge in [0.05, 0.1) is 24.5 Å². The Morgan fingerprint density at radius 3 is 2.43 bits per heavy atom. The number of hydrogen-bond acceptors (Lipinski definition) is 5. The molecule has 0 N–H and O–H groups in total. The van der Waals surface area contributed by atoms with Crippen molar-refractivity contribution in [3.05, 3.63) is 46.3 Å². The molecule has 1 aromatic carbocycles. The zero-order chi connectivity index (χ0) is 16.8. The van der Waals surface area contributed by atoms with Crippen LogP contribution in [0.1, 0.15) is 46.3 Å². The molecule has 0 bridgehead atoms. The van der Waals surface area contributed by atoms with Gasteiger partial charge >= 0.3 is 5.97 Å². The van der Waals surface area contributed by atoms with Gasteiger partial charge in [-0.1, -0.05) is 5.16 Å². The van der Waals surface area contributed by atoms with Crippen molar-refractivity contribution in [2.75, 3.05) is 13.2 Å². The molecule has 2 aromatic rings. The van der Waals surface area contributed by atoms with Gasteiger partial charge in [-0.25, -0.2) is 4.79 Å². The Balaban J connectivity index is 1.93. The number of hydrogen-bond donors (Lipinski definition) is 0. The van der Waals surface area contributed by atoms with Gasteiger partial charge in [-0.05, 0) is 57.4 Å². The number of carbonyl (C=O) groups excluding carboxylic acids is 1. The molecular formula is C18H23NO4. The molecule has 124 valence electrons. The third-order valence-corrected chi connectivity index (χ3v) is 3.46. The zero-order valence-electron chi connectivity index (χ0n) is 14.1. The van der Waals surface area contributed by atoms with Gasteiger partial charge in [-0.15, -0.1) is 0 Å². The normalized spacial score (nSPS) is 10.6. The van der Waals surface area contributed by atoms with Crippen LogP contribution in [0.4, 0.5) is 0 Å². The summed E-state index contributed by atoms with van der Waals surface area (Å²) in [6.45, 7) is 8.53. The highest BCUT2D eigenvalue weighted by atomic mass is 16.5. The number of carbonyl (C=O) groups is 1. The molecule has 0 saturated carbocycles. The van der Waals surface area contributed by atoms with Crippen LogP contribution in [-0.4, -0.2) is 24.3 Å². The van der Waals surface area contributed by atoms with Crippen LogP contribution in [0.15, 0.2) is 22.7 Å². The molecule has 0 saturated heterocycles. The second-order valence-corrected chi connectivity index (χ2v) is 5.55. The molecule has 0 atom stereocenters. The van der Waals surface area contributed by atoms with Crippen molar-refractivity contribution in [2.24, 2.45) is 0 Å². The monoisotopic (exact) mass is 317 g/mol. The Morgan fingerprint density at radius 2 is 1.87 bits per heavy atom. The second kappa shape index (κ2) is 7.81. The Kier molecular flexibility index (Phi) is 5.79. The first kappa shape index (κ1) is 17.1. The van der Waals surface area contributed by atoms with E-state index in [2.05, 4.69) is 5.16 Å². The molecule has 0 spiro atoms. The number of aryl methyl sites for hydroxylation is 4. The number of benzene rings is 1. The van der Waals surface area contributed by atoms with E-state index in [9.17, 15) is 4.79 Å². The average molecular weight is 317 g/mol. The van der Waals surface area contributed by atoms with Gasteiger partial charge in [0.2, 0.25) is 0 Å². The van der Waals surface area contributed by atoms with Crippen LogP contribution in [-0.2, 0) is 11.2 Å². The Morgan fingerprint density at radius 1 is 1.17 bits per heavy atom. The maximum absolute atomic E-state index is 11.8. The van der Waals surface area contributed by atoms with Gasteiger partial charge in [0.1, 0.15) is 11.5 Å².